The molecule has 0 aliphatic carbocycles. The molecule has 0 aliphatic heterocycles. The number of allylic oxidation sites excluding steroid dienone is 2. The van der Waals surface area contributed by atoms with Gasteiger partial charge >= 0.3 is 0 Å². The minimum Gasteiger partial charge on any atom is -0.369 e. The van der Waals surface area contributed by atoms with Crippen LogP contribution >= 0.6 is 0 Å². The van der Waals surface area contributed by atoms with Crippen molar-refractivity contribution in [1.82, 2.24) is 4.90 Å². The lowest BCUT2D eigenvalue weighted by atomic mass is 10.2. The minimum absolute atomic E-state index is 0.442. The molecule has 2 nitrogen and oxygen atoms in total. The molecule has 56 valence electrons. The van der Waals surface area contributed by atoms with Gasteiger partial charge in [0.05, 0.1) is 0 Å². The summed E-state index contributed by atoms with van der Waals surface area (Å²) in [6.07, 6.45) is 1.94. The highest BCUT2D eigenvalue weighted by Gasteiger charge is 1.97. The summed E-state index contributed by atoms with van der Waals surface area (Å²) in [5.41, 5.74) is 0.731. The lowest BCUT2D eigenvalue weighted by Gasteiger charge is -2.10. The average molecular weight is 138 g/mol. The van der Waals surface area contributed by atoms with E-state index in [-0.39, 0.29) is 0 Å². The van der Waals surface area contributed by atoms with Crippen molar-refractivity contribution in [2.24, 2.45) is 5.92 Å². The first-order valence-electron chi connectivity index (χ1n) is 3.37. The van der Waals surface area contributed by atoms with E-state index in [9.17, 15) is 0 Å². The van der Waals surface area contributed by atoms with Gasteiger partial charge in [-0.05, 0) is 12.0 Å². The monoisotopic (exact) mass is 138 g/mol. The summed E-state index contributed by atoms with van der Waals surface area (Å²) in [5, 5.41) is 8.59. The maximum absolute atomic E-state index is 8.59. The van der Waals surface area contributed by atoms with Gasteiger partial charge in [-0.2, -0.15) is 5.26 Å². The Bertz CT molecular complexity index is 161. The summed E-state index contributed by atoms with van der Waals surface area (Å²) in [5.74, 6) is 0.442. The van der Waals surface area contributed by atoms with Crippen LogP contribution < -0.4 is 0 Å². The zero-order chi connectivity index (χ0) is 8.15. The lowest BCUT2D eigenvalue weighted by molar-refractivity contribution is 0.525. The lowest BCUT2D eigenvalue weighted by Crippen LogP contribution is -2.10. The van der Waals surface area contributed by atoms with E-state index in [4.69, 9.17) is 5.26 Å². The van der Waals surface area contributed by atoms with Crippen molar-refractivity contribution in [3.63, 3.8) is 0 Å². The van der Waals surface area contributed by atoms with Crippen molar-refractivity contribution in [2.45, 2.75) is 13.8 Å². The van der Waals surface area contributed by atoms with Crippen molar-refractivity contribution in [2.75, 3.05) is 14.1 Å². The Kier molecular flexibility index (Phi) is 3.56. The highest BCUT2D eigenvalue weighted by atomic mass is 15.1. The van der Waals surface area contributed by atoms with Crippen LogP contribution in [-0.4, -0.2) is 19.0 Å². The van der Waals surface area contributed by atoms with E-state index in [1.165, 1.54) is 0 Å². The number of nitriles is 1. The first-order chi connectivity index (χ1) is 4.57. The predicted octanol–water partition coefficient (Wildman–Crippen LogP) is 1.61. The Morgan fingerprint density at radius 3 is 2.10 bits per heavy atom. The molecule has 10 heavy (non-hydrogen) atoms. The molecule has 0 aromatic rings. The molecule has 0 fully saturated rings. The summed E-state index contributed by atoms with van der Waals surface area (Å²) in [4.78, 5) is 1.82. The van der Waals surface area contributed by atoms with Crippen molar-refractivity contribution in [1.29, 1.82) is 5.26 Å². The maximum atomic E-state index is 8.59. The Hall–Kier alpha value is -0.970. The molecule has 0 unspecified atom stereocenters. The van der Waals surface area contributed by atoms with Crippen LogP contribution in [0.5, 0.6) is 0 Å². The fraction of sp³-hybridized carbons (Fsp3) is 0.625. The fourth-order valence-corrected chi connectivity index (χ4v) is 0.602. The molecular weight excluding hydrogens is 124 g/mol. The van der Waals surface area contributed by atoms with Gasteiger partial charge in [0, 0.05) is 14.1 Å². The van der Waals surface area contributed by atoms with Gasteiger partial charge < -0.3 is 4.90 Å². The maximum Gasteiger partial charge on any atom is 0.117 e. The molecule has 0 spiro atoms. The third-order valence-electron chi connectivity index (χ3n) is 1.09. The normalized spacial score (nSPS) is 11.4. The van der Waals surface area contributed by atoms with E-state index < -0.39 is 0 Å². The van der Waals surface area contributed by atoms with Gasteiger partial charge in [0.1, 0.15) is 11.8 Å². The number of nitrogens with zero attached hydrogens (tertiary/aromatic N) is 2. The summed E-state index contributed by atoms with van der Waals surface area (Å²) >= 11 is 0. The first kappa shape index (κ1) is 9.03. The molecule has 0 amide bonds. The van der Waals surface area contributed by atoms with Gasteiger partial charge in [-0.3, -0.25) is 0 Å². The largest absolute Gasteiger partial charge is 0.369 e. The highest BCUT2D eigenvalue weighted by Crippen LogP contribution is 2.02. The molecule has 0 radical (unpaired) electrons. The second-order valence-corrected chi connectivity index (χ2v) is 2.80. The van der Waals surface area contributed by atoms with Gasteiger partial charge in [0.15, 0.2) is 0 Å². The molecule has 0 saturated heterocycles. The zero-order valence-corrected chi connectivity index (χ0v) is 7.05. The molecule has 0 rings (SSSR count). The van der Waals surface area contributed by atoms with Crippen LogP contribution in [0.25, 0.3) is 0 Å². The Morgan fingerprint density at radius 1 is 1.50 bits per heavy atom. The van der Waals surface area contributed by atoms with Gasteiger partial charge in [-0.25, -0.2) is 0 Å². The molecule has 2 heteroatoms. The second kappa shape index (κ2) is 3.94. The molecule has 0 bridgehead atoms. The van der Waals surface area contributed by atoms with Gasteiger partial charge in [-0.15, -0.1) is 0 Å². The standard InChI is InChI=1S/C8H14N2/c1-7(2)5-8(6-9)10(3)4/h5,7H,1-4H3/b8-5+. The third-order valence-corrected chi connectivity index (χ3v) is 1.09. The van der Waals surface area contributed by atoms with Crippen LogP contribution in [-0.2, 0) is 0 Å². The van der Waals surface area contributed by atoms with Crippen molar-refractivity contribution in [3.05, 3.63) is 11.8 Å². The highest BCUT2D eigenvalue weighted by molar-refractivity contribution is 5.18. The van der Waals surface area contributed by atoms with Crippen molar-refractivity contribution < 1.29 is 0 Å². The van der Waals surface area contributed by atoms with Gasteiger partial charge in [0.25, 0.3) is 0 Å². The average Bonchev–Trinajstić information content (AvgIpc) is 1.81. The first-order valence-corrected chi connectivity index (χ1v) is 3.37. The molecule has 0 aromatic heterocycles. The van der Waals surface area contributed by atoms with Crippen LogP contribution in [0.1, 0.15) is 13.8 Å². The van der Waals surface area contributed by atoms with Crippen LogP contribution in [0.2, 0.25) is 0 Å². The van der Waals surface area contributed by atoms with Crippen LogP contribution in [0, 0.1) is 17.2 Å². The van der Waals surface area contributed by atoms with E-state index in [1.54, 1.807) is 0 Å². The van der Waals surface area contributed by atoms with E-state index >= 15 is 0 Å². The topological polar surface area (TPSA) is 27.0 Å². The third kappa shape index (κ3) is 3.13. The summed E-state index contributed by atoms with van der Waals surface area (Å²) in [7, 11) is 3.74. The molecule has 0 N–H and O–H groups in total. The summed E-state index contributed by atoms with van der Waals surface area (Å²) in [6, 6.07) is 2.12. The smallest absolute Gasteiger partial charge is 0.117 e. The molecule has 0 aromatic carbocycles. The second-order valence-electron chi connectivity index (χ2n) is 2.80. The van der Waals surface area contributed by atoms with Gasteiger partial charge in [-0.1, -0.05) is 13.8 Å². The Labute approximate surface area is 62.8 Å². The van der Waals surface area contributed by atoms with Crippen LogP contribution in [0.15, 0.2) is 11.8 Å². The molecule has 0 atom stereocenters. The summed E-state index contributed by atoms with van der Waals surface area (Å²) < 4.78 is 0. The molecule has 0 saturated carbocycles. The van der Waals surface area contributed by atoms with E-state index in [1.807, 2.05) is 25.1 Å². The SMILES string of the molecule is CC(C)/C=C(\C#N)N(C)C. The molecule has 0 heterocycles. The van der Waals surface area contributed by atoms with Crippen LogP contribution in [0.3, 0.4) is 0 Å². The molecule has 0 aliphatic rings. The number of hydrogen-bond donors (Lipinski definition) is 0. The predicted molar refractivity (Wildman–Crippen MR) is 42.2 cm³/mol. The van der Waals surface area contributed by atoms with E-state index in [0.29, 0.717) is 5.92 Å². The Balaban J connectivity index is 4.23. The number of hydrogen-bond acceptors (Lipinski definition) is 2. The quantitative estimate of drug-likeness (QED) is 0.542. The zero-order valence-electron chi connectivity index (χ0n) is 7.05. The summed E-state index contributed by atoms with van der Waals surface area (Å²) in [6.45, 7) is 4.11. The molecular formula is C8H14N2. The van der Waals surface area contributed by atoms with Crippen molar-refractivity contribution >= 4 is 0 Å². The Morgan fingerprint density at radius 2 is 2.00 bits per heavy atom. The van der Waals surface area contributed by atoms with E-state index in [0.717, 1.165) is 5.70 Å². The fourth-order valence-electron chi connectivity index (χ4n) is 0.602. The van der Waals surface area contributed by atoms with Crippen molar-refractivity contribution in [3.8, 4) is 6.07 Å². The number of rotatable bonds is 2. The van der Waals surface area contributed by atoms with Crippen LogP contribution in [0.4, 0.5) is 0 Å². The minimum atomic E-state index is 0.442. The van der Waals surface area contributed by atoms with E-state index in [2.05, 4.69) is 19.9 Å². The van der Waals surface area contributed by atoms with Gasteiger partial charge in [0.2, 0.25) is 0 Å².